The van der Waals surface area contributed by atoms with Gasteiger partial charge in [-0.15, -0.1) is 0 Å². The van der Waals surface area contributed by atoms with E-state index in [1.165, 1.54) is 0 Å². The fraction of sp³-hybridized carbons (Fsp3) is 0.500. The van der Waals surface area contributed by atoms with Crippen LogP contribution in [0.1, 0.15) is 19.8 Å². The smallest absolute Gasteiger partial charge is 0.264 e. The summed E-state index contributed by atoms with van der Waals surface area (Å²) in [5, 5.41) is 0. The van der Waals surface area contributed by atoms with E-state index < -0.39 is 10.1 Å². The maximum absolute atomic E-state index is 10.6. The molecule has 1 aromatic carbocycles. The van der Waals surface area contributed by atoms with Crippen LogP contribution in [0.2, 0.25) is 0 Å². The number of nitrogens with two attached hydrogens (primary N) is 1. The fourth-order valence-corrected chi connectivity index (χ4v) is 2.31. The van der Waals surface area contributed by atoms with Gasteiger partial charge in [0.25, 0.3) is 10.1 Å². The summed E-state index contributed by atoms with van der Waals surface area (Å²) in [4.78, 5) is 2.14. The Morgan fingerprint density at radius 3 is 2.33 bits per heavy atom. The number of anilines is 2. The largest absolute Gasteiger partial charge is 0.399 e. The van der Waals surface area contributed by atoms with E-state index in [-0.39, 0.29) is 5.75 Å². The predicted octanol–water partition coefficient (Wildman–Crippen LogP) is 1.76. The monoisotopic (exact) mass is 272 g/mol. The van der Waals surface area contributed by atoms with Gasteiger partial charge in [-0.3, -0.25) is 4.55 Å². The second-order valence-electron chi connectivity index (χ2n) is 4.16. The van der Waals surface area contributed by atoms with Crippen molar-refractivity contribution in [1.82, 2.24) is 0 Å². The Labute approximate surface area is 108 Å². The third-order valence-electron chi connectivity index (χ3n) is 2.72. The molecular formula is C12H20N2O3S. The minimum absolute atomic E-state index is 0.174. The predicted molar refractivity (Wildman–Crippen MR) is 74.4 cm³/mol. The Bertz CT molecular complexity index is 457. The van der Waals surface area contributed by atoms with E-state index in [1.54, 1.807) is 0 Å². The Kier molecular flexibility index (Phi) is 5.43. The molecule has 0 spiro atoms. The zero-order valence-electron chi connectivity index (χ0n) is 10.5. The highest BCUT2D eigenvalue weighted by Gasteiger charge is 2.06. The van der Waals surface area contributed by atoms with Gasteiger partial charge in [-0.25, -0.2) is 0 Å². The molecular weight excluding hydrogens is 252 g/mol. The minimum Gasteiger partial charge on any atom is -0.399 e. The van der Waals surface area contributed by atoms with E-state index >= 15 is 0 Å². The molecule has 0 atom stereocenters. The zero-order valence-corrected chi connectivity index (χ0v) is 11.4. The SMILES string of the molecule is CCN(CCCCS(=O)(=O)O)c1ccc(N)cc1. The number of nitrogen functional groups attached to an aromatic ring is 1. The minimum atomic E-state index is -3.83. The van der Waals surface area contributed by atoms with Crippen LogP contribution in [0.5, 0.6) is 0 Å². The molecule has 0 aliphatic rings. The second kappa shape index (κ2) is 6.61. The van der Waals surface area contributed by atoms with Crippen molar-refractivity contribution < 1.29 is 13.0 Å². The van der Waals surface area contributed by atoms with Gasteiger partial charge in [0, 0.05) is 24.5 Å². The molecule has 0 aliphatic carbocycles. The highest BCUT2D eigenvalue weighted by molar-refractivity contribution is 7.85. The maximum atomic E-state index is 10.6. The van der Waals surface area contributed by atoms with Gasteiger partial charge in [0.05, 0.1) is 5.75 Å². The first-order valence-corrected chi connectivity index (χ1v) is 7.59. The normalized spacial score (nSPS) is 11.4. The van der Waals surface area contributed by atoms with Crippen LogP contribution in [0.4, 0.5) is 11.4 Å². The molecule has 0 saturated heterocycles. The van der Waals surface area contributed by atoms with Gasteiger partial charge >= 0.3 is 0 Å². The van der Waals surface area contributed by atoms with Crippen LogP contribution in [0.3, 0.4) is 0 Å². The van der Waals surface area contributed by atoms with Gasteiger partial charge in [-0.1, -0.05) is 0 Å². The van der Waals surface area contributed by atoms with Crippen molar-refractivity contribution in [1.29, 1.82) is 0 Å². The Balaban J connectivity index is 2.45. The third kappa shape index (κ3) is 5.37. The summed E-state index contributed by atoms with van der Waals surface area (Å²) in [7, 11) is -3.83. The van der Waals surface area contributed by atoms with Crippen LogP contribution < -0.4 is 10.6 Å². The number of nitrogens with zero attached hydrogens (tertiary/aromatic N) is 1. The van der Waals surface area contributed by atoms with Crippen molar-refractivity contribution in [2.45, 2.75) is 19.8 Å². The van der Waals surface area contributed by atoms with Gasteiger partial charge in [-0.2, -0.15) is 8.42 Å². The van der Waals surface area contributed by atoms with Crippen molar-refractivity contribution in [3.05, 3.63) is 24.3 Å². The number of hydrogen-bond donors (Lipinski definition) is 2. The summed E-state index contributed by atoms with van der Waals surface area (Å²) in [5.41, 5.74) is 7.42. The first-order chi connectivity index (χ1) is 8.42. The Morgan fingerprint density at radius 1 is 1.22 bits per heavy atom. The molecule has 0 amide bonds. The summed E-state index contributed by atoms with van der Waals surface area (Å²) in [6.07, 6.45) is 1.18. The molecule has 18 heavy (non-hydrogen) atoms. The average molecular weight is 272 g/mol. The summed E-state index contributed by atoms with van der Waals surface area (Å²) in [6, 6.07) is 7.58. The summed E-state index contributed by atoms with van der Waals surface area (Å²) in [5.74, 6) is -0.174. The summed E-state index contributed by atoms with van der Waals surface area (Å²) in [6.45, 7) is 3.64. The number of benzene rings is 1. The topological polar surface area (TPSA) is 83.6 Å². The molecule has 102 valence electrons. The van der Waals surface area contributed by atoms with Crippen molar-refractivity contribution in [3.8, 4) is 0 Å². The summed E-state index contributed by atoms with van der Waals surface area (Å²) >= 11 is 0. The Hall–Kier alpha value is -1.27. The van der Waals surface area contributed by atoms with Crippen LogP contribution in [-0.4, -0.2) is 31.8 Å². The molecule has 0 fully saturated rings. The van der Waals surface area contributed by atoms with E-state index in [0.29, 0.717) is 6.42 Å². The van der Waals surface area contributed by atoms with Crippen molar-refractivity contribution >= 4 is 21.5 Å². The highest BCUT2D eigenvalue weighted by atomic mass is 32.2. The van der Waals surface area contributed by atoms with Crippen LogP contribution in [0, 0.1) is 0 Å². The van der Waals surface area contributed by atoms with Crippen LogP contribution >= 0.6 is 0 Å². The van der Waals surface area contributed by atoms with E-state index in [1.807, 2.05) is 31.2 Å². The van der Waals surface area contributed by atoms with E-state index in [2.05, 4.69) is 4.90 Å². The molecule has 0 saturated carbocycles. The zero-order chi connectivity index (χ0) is 13.6. The van der Waals surface area contributed by atoms with E-state index in [9.17, 15) is 8.42 Å². The molecule has 0 aromatic heterocycles. The number of rotatable bonds is 7. The molecule has 1 rings (SSSR count). The fourth-order valence-electron chi connectivity index (χ4n) is 1.74. The Morgan fingerprint density at radius 2 is 1.83 bits per heavy atom. The maximum Gasteiger partial charge on any atom is 0.264 e. The van der Waals surface area contributed by atoms with Gasteiger partial charge in [-0.05, 0) is 44.0 Å². The van der Waals surface area contributed by atoms with Gasteiger partial charge in [0.1, 0.15) is 0 Å². The molecule has 0 unspecified atom stereocenters. The standard InChI is InChI=1S/C12H20N2O3S/c1-2-14(9-3-4-10-18(15,16)17)12-7-5-11(13)6-8-12/h5-8H,2-4,9-10,13H2,1H3,(H,15,16,17). The lowest BCUT2D eigenvalue weighted by molar-refractivity contribution is 0.480. The molecule has 6 heteroatoms. The molecule has 1 aromatic rings. The molecule has 0 heterocycles. The van der Waals surface area contributed by atoms with Crippen molar-refractivity contribution in [2.75, 3.05) is 29.5 Å². The molecule has 0 radical (unpaired) electrons. The van der Waals surface area contributed by atoms with Crippen molar-refractivity contribution in [2.24, 2.45) is 0 Å². The van der Waals surface area contributed by atoms with E-state index in [0.717, 1.165) is 30.9 Å². The first-order valence-electron chi connectivity index (χ1n) is 5.98. The number of unbranched alkanes of at least 4 members (excludes halogenated alkanes) is 1. The van der Waals surface area contributed by atoms with Gasteiger partial charge in [0.2, 0.25) is 0 Å². The average Bonchev–Trinajstić information content (AvgIpc) is 2.29. The lowest BCUT2D eigenvalue weighted by Gasteiger charge is -2.23. The van der Waals surface area contributed by atoms with Crippen LogP contribution in [0.25, 0.3) is 0 Å². The first kappa shape index (κ1) is 14.8. The molecule has 3 N–H and O–H groups in total. The van der Waals surface area contributed by atoms with Crippen LogP contribution in [-0.2, 0) is 10.1 Å². The quantitative estimate of drug-likeness (QED) is 0.449. The van der Waals surface area contributed by atoms with Crippen molar-refractivity contribution in [3.63, 3.8) is 0 Å². The number of hydrogen-bond acceptors (Lipinski definition) is 4. The van der Waals surface area contributed by atoms with E-state index in [4.69, 9.17) is 10.3 Å². The van der Waals surface area contributed by atoms with Crippen LogP contribution in [0.15, 0.2) is 24.3 Å². The summed E-state index contributed by atoms with van der Waals surface area (Å²) < 4.78 is 29.8. The molecule has 0 aliphatic heterocycles. The van der Waals surface area contributed by atoms with Gasteiger partial charge in [0.15, 0.2) is 0 Å². The van der Waals surface area contributed by atoms with Gasteiger partial charge < -0.3 is 10.6 Å². The lowest BCUT2D eigenvalue weighted by atomic mass is 10.2. The second-order valence-corrected chi connectivity index (χ2v) is 5.74. The third-order valence-corrected chi connectivity index (χ3v) is 3.52. The molecule has 5 nitrogen and oxygen atoms in total. The molecule has 0 bridgehead atoms. The highest BCUT2D eigenvalue weighted by Crippen LogP contribution is 2.16. The lowest BCUT2D eigenvalue weighted by Crippen LogP contribution is -2.24.